The lowest BCUT2D eigenvalue weighted by molar-refractivity contribution is -0.130. The van der Waals surface area contributed by atoms with Gasteiger partial charge in [0.25, 0.3) is 0 Å². The van der Waals surface area contributed by atoms with Crippen LogP contribution < -0.4 is 5.32 Å². The van der Waals surface area contributed by atoms with Gasteiger partial charge in [-0.25, -0.2) is 0 Å². The fourth-order valence-corrected chi connectivity index (χ4v) is 3.57. The van der Waals surface area contributed by atoms with Crippen LogP contribution in [0, 0.1) is 11.8 Å². The van der Waals surface area contributed by atoms with E-state index in [-0.39, 0.29) is 18.1 Å². The van der Waals surface area contributed by atoms with E-state index in [4.69, 9.17) is 0 Å². The Bertz CT molecular complexity index is 442. The highest BCUT2D eigenvalue weighted by atomic mass is 32.1. The van der Waals surface area contributed by atoms with E-state index in [0.717, 1.165) is 18.9 Å². The predicted molar refractivity (Wildman–Crippen MR) is 89.2 cm³/mol. The predicted octanol–water partition coefficient (Wildman–Crippen LogP) is 4.03. The van der Waals surface area contributed by atoms with Crippen LogP contribution in [0.3, 0.4) is 0 Å². The molecular weight excluding hydrogens is 280 g/mol. The lowest BCUT2D eigenvalue weighted by atomic mass is 10.0. The normalized spacial score (nSPS) is 22.8. The molecule has 1 aromatic rings. The SMILES string of the molecule is CC(C)CCCCN1C(=O)C(C(C)C)NC1c1ccsc1. The lowest BCUT2D eigenvalue weighted by Crippen LogP contribution is -2.35. The van der Waals surface area contributed by atoms with Crippen molar-refractivity contribution in [2.45, 2.75) is 59.2 Å². The Balaban J connectivity index is 2.01. The summed E-state index contributed by atoms with van der Waals surface area (Å²) >= 11 is 1.69. The number of nitrogens with zero attached hydrogens (tertiary/aromatic N) is 1. The van der Waals surface area contributed by atoms with Crippen molar-refractivity contribution in [3.05, 3.63) is 22.4 Å². The van der Waals surface area contributed by atoms with Crippen LogP contribution >= 0.6 is 11.3 Å². The number of amides is 1. The summed E-state index contributed by atoms with van der Waals surface area (Å²) in [6.07, 6.45) is 3.60. The maximum atomic E-state index is 12.6. The smallest absolute Gasteiger partial charge is 0.241 e. The quantitative estimate of drug-likeness (QED) is 0.771. The van der Waals surface area contributed by atoms with Gasteiger partial charge < -0.3 is 4.90 Å². The average Bonchev–Trinajstić information content (AvgIpc) is 3.02. The highest BCUT2D eigenvalue weighted by Gasteiger charge is 2.40. The maximum absolute atomic E-state index is 12.6. The van der Waals surface area contributed by atoms with E-state index < -0.39 is 0 Å². The monoisotopic (exact) mass is 308 g/mol. The highest BCUT2D eigenvalue weighted by molar-refractivity contribution is 7.07. The highest BCUT2D eigenvalue weighted by Crippen LogP contribution is 2.29. The van der Waals surface area contributed by atoms with Crippen molar-refractivity contribution >= 4 is 17.2 Å². The van der Waals surface area contributed by atoms with Gasteiger partial charge in [0, 0.05) is 6.54 Å². The number of carbonyl (C=O) groups excluding carboxylic acids is 1. The van der Waals surface area contributed by atoms with E-state index in [1.807, 2.05) is 4.90 Å². The summed E-state index contributed by atoms with van der Waals surface area (Å²) in [5.74, 6) is 1.35. The number of rotatable bonds is 7. The van der Waals surface area contributed by atoms with Gasteiger partial charge in [0.2, 0.25) is 5.91 Å². The van der Waals surface area contributed by atoms with Gasteiger partial charge in [-0.2, -0.15) is 11.3 Å². The summed E-state index contributed by atoms with van der Waals surface area (Å²) in [7, 11) is 0. The second kappa shape index (κ2) is 7.41. The molecule has 1 saturated heterocycles. The molecule has 2 unspecified atom stereocenters. The zero-order valence-corrected chi connectivity index (χ0v) is 14.5. The molecule has 3 nitrogen and oxygen atoms in total. The van der Waals surface area contributed by atoms with Crippen molar-refractivity contribution in [2.75, 3.05) is 6.54 Å². The van der Waals surface area contributed by atoms with Gasteiger partial charge in [-0.15, -0.1) is 0 Å². The summed E-state index contributed by atoms with van der Waals surface area (Å²) < 4.78 is 0. The minimum atomic E-state index is -0.0417. The molecule has 1 fully saturated rings. The van der Waals surface area contributed by atoms with E-state index in [2.05, 4.69) is 49.8 Å². The average molecular weight is 308 g/mol. The van der Waals surface area contributed by atoms with Crippen molar-refractivity contribution in [1.29, 1.82) is 0 Å². The van der Waals surface area contributed by atoms with Crippen molar-refractivity contribution in [3.63, 3.8) is 0 Å². The van der Waals surface area contributed by atoms with Crippen LogP contribution in [0.25, 0.3) is 0 Å². The first kappa shape index (κ1) is 16.5. The fraction of sp³-hybridized carbons (Fsp3) is 0.706. The van der Waals surface area contributed by atoms with E-state index >= 15 is 0 Å². The van der Waals surface area contributed by atoms with E-state index in [9.17, 15) is 4.79 Å². The van der Waals surface area contributed by atoms with Gasteiger partial charge in [0.15, 0.2) is 0 Å². The molecule has 2 heterocycles. The lowest BCUT2D eigenvalue weighted by Gasteiger charge is -2.23. The van der Waals surface area contributed by atoms with Gasteiger partial charge in [0.1, 0.15) is 6.17 Å². The third-order valence-corrected chi connectivity index (χ3v) is 4.86. The fourth-order valence-electron chi connectivity index (χ4n) is 2.90. The van der Waals surface area contributed by atoms with Crippen LogP contribution in [0.4, 0.5) is 0 Å². The molecule has 21 heavy (non-hydrogen) atoms. The van der Waals surface area contributed by atoms with Gasteiger partial charge >= 0.3 is 0 Å². The number of thiophene rings is 1. The Morgan fingerprint density at radius 1 is 1.29 bits per heavy atom. The number of hydrogen-bond donors (Lipinski definition) is 1. The van der Waals surface area contributed by atoms with Gasteiger partial charge in [-0.3, -0.25) is 10.1 Å². The van der Waals surface area contributed by atoms with Crippen molar-refractivity contribution in [1.82, 2.24) is 10.2 Å². The Labute approximate surface area is 132 Å². The molecule has 0 spiro atoms. The number of nitrogens with one attached hydrogen (secondary N) is 1. The van der Waals surface area contributed by atoms with Crippen LogP contribution in [-0.2, 0) is 4.79 Å². The Hall–Kier alpha value is -0.870. The molecule has 1 amide bonds. The van der Waals surface area contributed by atoms with Gasteiger partial charge in [-0.1, -0.05) is 40.5 Å². The number of hydrogen-bond acceptors (Lipinski definition) is 3. The van der Waals surface area contributed by atoms with Crippen LogP contribution in [-0.4, -0.2) is 23.4 Å². The Kier molecular flexibility index (Phi) is 5.82. The van der Waals surface area contributed by atoms with Crippen LogP contribution in [0.2, 0.25) is 0 Å². The molecule has 1 aliphatic rings. The summed E-state index contributed by atoms with van der Waals surface area (Å²) in [4.78, 5) is 14.7. The zero-order chi connectivity index (χ0) is 15.4. The largest absolute Gasteiger partial charge is 0.322 e. The second-order valence-electron chi connectivity index (χ2n) is 6.77. The first-order chi connectivity index (χ1) is 10.0. The van der Waals surface area contributed by atoms with Gasteiger partial charge in [0.05, 0.1) is 6.04 Å². The topological polar surface area (TPSA) is 32.3 Å². The Morgan fingerprint density at radius 3 is 2.62 bits per heavy atom. The molecule has 0 aliphatic carbocycles. The van der Waals surface area contributed by atoms with E-state index in [1.165, 1.54) is 18.4 Å². The van der Waals surface area contributed by atoms with Crippen molar-refractivity contribution in [3.8, 4) is 0 Å². The van der Waals surface area contributed by atoms with Crippen molar-refractivity contribution in [2.24, 2.45) is 11.8 Å². The van der Waals surface area contributed by atoms with Crippen molar-refractivity contribution < 1.29 is 4.79 Å². The molecule has 1 N–H and O–H groups in total. The van der Waals surface area contributed by atoms with Gasteiger partial charge in [-0.05, 0) is 40.6 Å². The van der Waals surface area contributed by atoms with E-state index in [0.29, 0.717) is 5.92 Å². The van der Waals surface area contributed by atoms with Crippen LogP contribution in [0.1, 0.15) is 58.7 Å². The van der Waals surface area contributed by atoms with E-state index in [1.54, 1.807) is 11.3 Å². The number of carbonyl (C=O) groups is 1. The first-order valence-corrected chi connectivity index (χ1v) is 9.03. The third-order valence-electron chi connectivity index (χ3n) is 4.15. The molecule has 0 saturated carbocycles. The molecule has 1 aromatic heterocycles. The minimum Gasteiger partial charge on any atom is -0.322 e. The molecule has 2 rings (SSSR count). The molecule has 2 atom stereocenters. The zero-order valence-electron chi connectivity index (χ0n) is 13.6. The molecule has 0 radical (unpaired) electrons. The molecule has 0 aromatic carbocycles. The third kappa shape index (κ3) is 4.07. The summed E-state index contributed by atoms with van der Waals surface area (Å²) in [5, 5.41) is 7.76. The second-order valence-corrected chi connectivity index (χ2v) is 7.55. The molecule has 0 bridgehead atoms. The number of unbranched alkanes of at least 4 members (excludes halogenated alkanes) is 1. The molecule has 118 valence electrons. The summed E-state index contributed by atoms with van der Waals surface area (Å²) in [5.41, 5.74) is 1.22. The minimum absolute atomic E-state index is 0.0417. The molecular formula is C17H28N2OS. The summed E-state index contributed by atoms with van der Waals surface area (Å²) in [6.45, 7) is 9.60. The molecule has 1 aliphatic heterocycles. The Morgan fingerprint density at radius 2 is 2.05 bits per heavy atom. The standard InChI is InChI=1S/C17H28N2OS/c1-12(2)7-5-6-9-19-16(14-8-10-21-11-14)18-15(13(3)4)17(19)20/h8,10-13,15-16,18H,5-7,9H2,1-4H3. The molecule has 4 heteroatoms. The maximum Gasteiger partial charge on any atom is 0.241 e. The first-order valence-electron chi connectivity index (χ1n) is 8.09. The van der Waals surface area contributed by atoms with Crippen LogP contribution in [0.15, 0.2) is 16.8 Å². The summed E-state index contributed by atoms with van der Waals surface area (Å²) in [6, 6.07) is 2.08. The van der Waals surface area contributed by atoms with Crippen LogP contribution in [0.5, 0.6) is 0 Å².